The number of aromatic nitrogens is 1. The molecule has 0 aliphatic carbocycles. The zero-order valence-corrected chi connectivity index (χ0v) is 9.38. The Morgan fingerprint density at radius 2 is 1.89 bits per heavy atom. The van der Waals surface area contributed by atoms with Crippen LogP contribution >= 0.6 is 0 Å². The quantitative estimate of drug-likeness (QED) is 0.901. The lowest BCUT2D eigenvalue weighted by Crippen LogP contribution is -2.00. The van der Waals surface area contributed by atoms with Crippen molar-refractivity contribution in [1.29, 1.82) is 0 Å². The zero-order valence-electron chi connectivity index (χ0n) is 9.38. The molecular weight excluding hydrogens is 233 g/mol. The highest BCUT2D eigenvalue weighted by atomic mass is 19.1. The van der Waals surface area contributed by atoms with Gasteiger partial charge in [0.15, 0.2) is 0 Å². The summed E-state index contributed by atoms with van der Waals surface area (Å²) in [5, 5.41) is 8.79. The maximum atomic E-state index is 13.3. The highest BCUT2D eigenvalue weighted by molar-refractivity contribution is 5.85. The van der Waals surface area contributed by atoms with Crippen LogP contribution in [-0.2, 0) is 0 Å². The summed E-state index contributed by atoms with van der Waals surface area (Å²) in [6.07, 6.45) is 3.13. The number of aromatic carboxylic acids is 1. The number of hydrogen-bond donors (Lipinski definition) is 1. The van der Waals surface area contributed by atoms with Gasteiger partial charge in [-0.15, -0.1) is 0 Å². The van der Waals surface area contributed by atoms with E-state index < -0.39 is 5.97 Å². The molecule has 3 nitrogen and oxygen atoms in total. The van der Waals surface area contributed by atoms with Crippen molar-refractivity contribution in [3.63, 3.8) is 0 Å². The van der Waals surface area contributed by atoms with E-state index in [0.29, 0.717) is 11.3 Å². The third-order valence-corrected chi connectivity index (χ3v) is 2.33. The van der Waals surface area contributed by atoms with Crippen molar-refractivity contribution in [2.24, 2.45) is 0 Å². The van der Waals surface area contributed by atoms with E-state index in [1.165, 1.54) is 12.1 Å². The van der Waals surface area contributed by atoms with Crippen LogP contribution in [0.2, 0.25) is 0 Å². The van der Waals surface area contributed by atoms with E-state index >= 15 is 0 Å². The lowest BCUT2D eigenvalue weighted by molar-refractivity contribution is 0.0690. The first-order chi connectivity index (χ1) is 8.66. The number of rotatable bonds is 3. The number of pyridine rings is 1. The molecule has 0 bridgehead atoms. The Kier molecular flexibility index (Phi) is 3.48. The minimum absolute atomic E-state index is 0.0364. The molecule has 1 N–H and O–H groups in total. The second-order valence-corrected chi connectivity index (χ2v) is 3.61. The highest BCUT2D eigenvalue weighted by Gasteiger charge is 2.03. The summed E-state index contributed by atoms with van der Waals surface area (Å²) in [6, 6.07) is 11.0. The standard InChI is InChI=1S/C14H10FNO2/c15-12-6-2-1-4-10(12)8-9-11-5-3-7-13(16-11)14(17)18/h1-9H,(H,17,18)/b9-8+. The maximum Gasteiger partial charge on any atom is 0.354 e. The lowest BCUT2D eigenvalue weighted by atomic mass is 10.2. The second-order valence-electron chi connectivity index (χ2n) is 3.61. The van der Waals surface area contributed by atoms with Crippen molar-refractivity contribution in [1.82, 2.24) is 4.98 Å². The second kappa shape index (κ2) is 5.23. The Labute approximate surface area is 103 Å². The van der Waals surface area contributed by atoms with Crippen LogP contribution in [0, 0.1) is 5.82 Å². The molecule has 90 valence electrons. The summed E-state index contributed by atoms with van der Waals surface area (Å²) >= 11 is 0. The fourth-order valence-electron chi connectivity index (χ4n) is 1.45. The third kappa shape index (κ3) is 2.79. The van der Waals surface area contributed by atoms with Crippen LogP contribution in [0.4, 0.5) is 4.39 Å². The maximum absolute atomic E-state index is 13.3. The largest absolute Gasteiger partial charge is 0.477 e. The third-order valence-electron chi connectivity index (χ3n) is 2.33. The van der Waals surface area contributed by atoms with Gasteiger partial charge in [-0.3, -0.25) is 0 Å². The molecule has 0 aliphatic heterocycles. The van der Waals surface area contributed by atoms with E-state index in [4.69, 9.17) is 5.11 Å². The molecule has 0 amide bonds. The zero-order chi connectivity index (χ0) is 13.0. The van der Waals surface area contributed by atoms with Gasteiger partial charge >= 0.3 is 5.97 Å². The minimum Gasteiger partial charge on any atom is -0.477 e. The number of hydrogen-bond acceptors (Lipinski definition) is 2. The Hall–Kier alpha value is -2.49. The van der Waals surface area contributed by atoms with Crippen LogP contribution in [-0.4, -0.2) is 16.1 Å². The summed E-state index contributed by atoms with van der Waals surface area (Å²) < 4.78 is 13.3. The molecule has 2 aromatic rings. The summed E-state index contributed by atoms with van der Waals surface area (Å²) in [4.78, 5) is 14.6. The molecule has 1 aromatic carbocycles. The molecule has 0 aliphatic rings. The summed E-state index contributed by atoms with van der Waals surface area (Å²) in [5.41, 5.74) is 0.865. The Bertz CT molecular complexity index is 608. The average molecular weight is 243 g/mol. The number of carboxylic acid groups (broad SMARTS) is 1. The van der Waals surface area contributed by atoms with Crippen molar-refractivity contribution in [3.05, 3.63) is 65.2 Å². The van der Waals surface area contributed by atoms with Crippen LogP contribution in [0.25, 0.3) is 12.2 Å². The van der Waals surface area contributed by atoms with Crippen molar-refractivity contribution in [2.45, 2.75) is 0 Å². The topological polar surface area (TPSA) is 50.2 Å². The predicted octanol–water partition coefficient (Wildman–Crippen LogP) is 3.09. The Balaban J connectivity index is 2.27. The van der Waals surface area contributed by atoms with Gasteiger partial charge in [0.25, 0.3) is 0 Å². The molecule has 2 rings (SSSR count). The van der Waals surface area contributed by atoms with Crippen molar-refractivity contribution < 1.29 is 14.3 Å². The highest BCUT2D eigenvalue weighted by Crippen LogP contribution is 2.11. The molecule has 0 radical (unpaired) electrons. The van der Waals surface area contributed by atoms with Gasteiger partial charge in [-0.1, -0.05) is 24.3 Å². The van der Waals surface area contributed by atoms with Gasteiger partial charge in [-0.05, 0) is 30.4 Å². The molecule has 0 saturated carbocycles. The van der Waals surface area contributed by atoms with E-state index in [2.05, 4.69) is 4.98 Å². The molecule has 18 heavy (non-hydrogen) atoms. The van der Waals surface area contributed by atoms with E-state index in [9.17, 15) is 9.18 Å². The Morgan fingerprint density at radius 3 is 2.61 bits per heavy atom. The normalized spacial score (nSPS) is 10.7. The van der Waals surface area contributed by atoms with Crippen LogP contribution in [0.1, 0.15) is 21.7 Å². The van der Waals surface area contributed by atoms with E-state index in [0.717, 1.165) is 0 Å². The molecule has 0 spiro atoms. The predicted molar refractivity (Wildman–Crippen MR) is 66.5 cm³/mol. The number of nitrogens with zero attached hydrogens (tertiary/aromatic N) is 1. The number of benzene rings is 1. The molecule has 0 atom stereocenters. The van der Waals surface area contributed by atoms with Gasteiger partial charge in [0.2, 0.25) is 0 Å². The van der Waals surface area contributed by atoms with Crippen molar-refractivity contribution in [2.75, 3.05) is 0 Å². The first-order valence-electron chi connectivity index (χ1n) is 5.30. The minimum atomic E-state index is -1.09. The summed E-state index contributed by atoms with van der Waals surface area (Å²) in [6.45, 7) is 0. The molecule has 1 aromatic heterocycles. The average Bonchev–Trinajstić information content (AvgIpc) is 2.38. The molecule has 0 unspecified atom stereocenters. The van der Waals surface area contributed by atoms with Crippen molar-refractivity contribution in [3.8, 4) is 0 Å². The Morgan fingerprint density at radius 1 is 1.11 bits per heavy atom. The van der Waals surface area contributed by atoms with Gasteiger partial charge < -0.3 is 5.11 Å². The van der Waals surface area contributed by atoms with Gasteiger partial charge in [0.1, 0.15) is 11.5 Å². The molecule has 0 fully saturated rings. The van der Waals surface area contributed by atoms with E-state index in [-0.39, 0.29) is 11.5 Å². The van der Waals surface area contributed by atoms with Crippen LogP contribution in [0.3, 0.4) is 0 Å². The monoisotopic (exact) mass is 243 g/mol. The van der Waals surface area contributed by atoms with Crippen molar-refractivity contribution >= 4 is 18.1 Å². The molecular formula is C14H10FNO2. The number of carbonyl (C=O) groups is 1. The van der Waals surface area contributed by atoms with Crippen LogP contribution in [0.15, 0.2) is 42.5 Å². The van der Waals surface area contributed by atoms with Crippen LogP contribution < -0.4 is 0 Å². The fraction of sp³-hybridized carbons (Fsp3) is 0. The SMILES string of the molecule is O=C(O)c1cccc(/C=C/c2ccccc2F)n1. The molecule has 1 heterocycles. The first-order valence-corrected chi connectivity index (χ1v) is 5.30. The van der Waals surface area contributed by atoms with Crippen LogP contribution in [0.5, 0.6) is 0 Å². The number of halogens is 1. The van der Waals surface area contributed by atoms with E-state index in [1.54, 1.807) is 42.5 Å². The van der Waals surface area contributed by atoms with Gasteiger partial charge in [-0.2, -0.15) is 0 Å². The lowest BCUT2D eigenvalue weighted by Gasteiger charge is -1.97. The summed E-state index contributed by atoms with van der Waals surface area (Å²) in [7, 11) is 0. The first kappa shape index (κ1) is 12.0. The smallest absolute Gasteiger partial charge is 0.354 e. The van der Waals surface area contributed by atoms with Gasteiger partial charge in [-0.25, -0.2) is 14.2 Å². The summed E-state index contributed by atoms with van der Waals surface area (Å²) in [5.74, 6) is -1.42. The molecule has 4 heteroatoms. The van der Waals surface area contributed by atoms with E-state index in [1.807, 2.05) is 0 Å². The van der Waals surface area contributed by atoms with Gasteiger partial charge in [0, 0.05) is 5.56 Å². The number of carboxylic acids is 1. The van der Waals surface area contributed by atoms with Gasteiger partial charge in [0.05, 0.1) is 5.69 Å². The molecule has 0 saturated heterocycles. The fourth-order valence-corrected chi connectivity index (χ4v) is 1.45.